The molecule has 1 unspecified atom stereocenters. The van der Waals surface area contributed by atoms with Crippen molar-refractivity contribution in [2.24, 2.45) is 0 Å². The summed E-state index contributed by atoms with van der Waals surface area (Å²) in [7, 11) is 2.20. The molecule has 3 nitrogen and oxygen atoms in total. The Balaban J connectivity index is 1.78. The summed E-state index contributed by atoms with van der Waals surface area (Å²) in [6.45, 7) is 4.25. The Labute approximate surface area is 147 Å². The number of nitrogens with zero attached hydrogens (tertiary/aromatic N) is 3. The van der Waals surface area contributed by atoms with E-state index in [0.29, 0.717) is 6.04 Å². The summed E-state index contributed by atoms with van der Waals surface area (Å²) < 4.78 is 2.49. The van der Waals surface area contributed by atoms with Crippen LogP contribution in [0.1, 0.15) is 23.9 Å². The van der Waals surface area contributed by atoms with E-state index >= 15 is 0 Å². The molecule has 0 saturated heterocycles. The number of hydrogen-bond acceptors (Lipinski definition) is 2. The highest BCUT2D eigenvalue weighted by atomic mass is 35.5. The van der Waals surface area contributed by atoms with Gasteiger partial charge in [0, 0.05) is 65.5 Å². The molecule has 0 spiro atoms. The van der Waals surface area contributed by atoms with Crippen LogP contribution in [0.25, 0.3) is 10.9 Å². The maximum Gasteiger partial charge on any atom is 0.0487 e. The topological polar surface area (TPSA) is 21.1 Å². The second kappa shape index (κ2) is 6.23. The summed E-state index contributed by atoms with van der Waals surface area (Å²) in [5.41, 5.74) is 5.34. The molecule has 0 N–H and O–H groups in total. The van der Waals surface area contributed by atoms with Crippen LogP contribution >= 0.6 is 11.6 Å². The van der Waals surface area contributed by atoms with Gasteiger partial charge in [0.1, 0.15) is 0 Å². The first-order valence-electron chi connectivity index (χ1n) is 8.53. The van der Waals surface area contributed by atoms with Crippen molar-refractivity contribution in [3.05, 3.63) is 64.6 Å². The third-order valence-electron chi connectivity index (χ3n) is 5.22. The molecule has 0 fully saturated rings. The average Bonchev–Trinajstić information content (AvgIpc) is 2.87. The maximum atomic E-state index is 6.28. The molecular formula is C20H22ClN3. The van der Waals surface area contributed by atoms with Crippen molar-refractivity contribution >= 4 is 22.5 Å². The van der Waals surface area contributed by atoms with E-state index in [2.05, 4.69) is 52.7 Å². The van der Waals surface area contributed by atoms with Crippen LogP contribution in [0.4, 0.5) is 0 Å². The Morgan fingerprint density at radius 1 is 1.25 bits per heavy atom. The molecule has 4 rings (SSSR count). The van der Waals surface area contributed by atoms with Crippen LogP contribution in [-0.2, 0) is 25.9 Å². The Morgan fingerprint density at radius 3 is 2.92 bits per heavy atom. The molecule has 24 heavy (non-hydrogen) atoms. The van der Waals surface area contributed by atoms with Crippen LogP contribution in [0.5, 0.6) is 0 Å². The number of rotatable bonds is 3. The lowest BCUT2D eigenvalue weighted by molar-refractivity contribution is 0.228. The van der Waals surface area contributed by atoms with Crippen LogP contribution in [-0.4, -0.2) is 27.5 Å². The second-order valence-corrected chi connectivity index (χ2v) is 7.21. The molecule has 1 aliphatic heterocycles. The second-order valence-electron chi connectivity index (χ2n) is 6.78. The predicted octanol–water partition coefficient (Wildman–Crippen LogP) is 4.31. The molecule has 4 heteroatoms. The van der Waals surface area contributed by atoms with Gasteiger partial charge in [-0.05, 0) is 49.9 Å². The lowest BCUT2D eigenvalue weighted by Gasteiger charge is -2.31. The first-order valence-corrected chi connectivity index (χ1v) is 8.91. The first kappa shape index (κ1) is 15.7. The standard InChI is InChI=1S/C20H22ClN3/c1-14-11-20-18(13-23(14)2)17-12-15(21)6-7-19(17)24(20)10-8-16-5-3-4-9-22-16/h3-7,9,12,14H,8,10-11,13H2,1-2H3. The molecule has 3 heterocycles. The van der Waals surface area contributed by atoms with E-state index in [1.54, 1.807) is 0 Å². The Bertz CT molecular complexity index is 869. The van der Waals surface area contributed by atoms with Gasteiger partial charge in [0.25, 0.3) is 0 Å². The molecule has 1 atom stereocenters. The minimum atomic E-state index is 0.561. The number of fused-ring (bicyclic) bond motifs is 3. The van der Waals surface area contributed by atoms with Crippen LogP contribution < -0.4 is 0 Å². The fraction of sp³-hybridized carbons (Fsp3) is 0.350. The van der Waals surface area contributed by atoms with Crippen LogP contribution in [0.15, 0.2) is 42.6 Å². The number of likely N-dealkylation sites (N-methyl/N-ethyl adjacent to an activating group) is 1. The number of benzene rings is 1. The number of hydrogen-bond donors (Lipinski definition) is 0. The van der Waals surface area contributed by atoms with Crippen molar-refractivity contribution in [1.29, 1.82) is 0 Å². The summed E-state index contributed by atoms with van der Waals surface area (Å²) in [5.74, 6) is 0. The largest absolute Gasteiger partial charge is 0.344 e. The molecule has 124 valence electrons. The summed E-state index contributed by atoms with van der Waals surface area (Å²) in [4.78, 5) is 6.89. The fourth-order valence-corrected chi connectivity index (χ4v) is 3.90. The third-order valence-corrected chi connectivity index (χ3v) is 5.45. The van der Waals surface area contributed by atoms with Gasteiger partial charge in [-0.1, -0.05) is 17.7 Å². The molecule has 0 amide bonds. The Kier molecular flexibility index (Phi) is 4.07. The fourth-order valence-electron chi connectivity index (χ4n) is 3.73. The van der Waals surface area contributed by atoms with Crippen molar-refractivity contribution in [3.63, 3.8) is 0 Å². The zero-order chi connectivity index (χ0) is 16.7. The molecule has 1 aromatic carbocycles. The van der Waals surface area contributed by atoms with Gasteiger partial charge >= 0.3 is 0 Å². The van der Waals surface area contributed by atoms with E-state index in [-0.39, 0.29) is 0 Å². The smallest absolute Gasteiger partial charge is 0.0487 e. The zero-order valence-corrected chi connectivity index (χ0v) is 14.9. The SMILES string of the molecule is CC1Cc2c(c3cc(Cl)ccc3n2CCc2ccccn2)CN1C. The summed E-state index contributed by atoms with van der Waals surface area (Å²) in [6.07, 6.45) is 3.90. The van der Waals surface area contributed by atoms with Crippen LogP contribution in [0.2, 0.25) is 5.02 Å². The van der Waals surface area contributed by atoms with Gasteiger partial charge in [-0.3, -0.25) is 9.88 Å². The van der Waals surface area contributed by atoms with Crippen molar-refractivity contribution in [2.75, 3.05) is 7.05 Å². The van der Waals surface area contributed by atoms with Gasteiger partial charge in [-0.15, -0.1) is 0 Å². The van der Waals surface area contributed by atoms with E-state index in [1.807, 2.05) is 18.3 Å². The van der Waals surface area contributed by atoms with Crippen molar-refractivity contribution < 1.29 is 0 Å². The lowest BCUT2D eigenvalue weighted by Crippen LogP contribution is -2.35. The van der Waals surface area contributed by atoms with Crippen molar-refractivity contribution in [3.8, 4) is 0 Å². The minimum absolute atomic E-state index is 0.561. The van der Waals surface area contributed by atoms with Gasteiger partial charge in [-0.25, -0.2) is 0 Å². The third kappa shape index (κ3) is 2.72. The monoisotopic (exact) mass is 339 g/mol. The quantitative estimate of drug-likeness (QED) is 0.709. The Hall–Kier alpha value is -1.84. The number of pyridine rings is 1. The van der Waals surface area contributed by atoms with E-state index < -0.39 is 0 Å². The molecule has 0 aliphatic carbocycles. The summed E-state index contributed by atoms with van der Waals surface area (Å²) in [5, 5.41) is 2.12. The van der Waals surface area contributed by atoms with Crippen molar-refractivity contribution in [2.45, 2.75) is 38.9 Å². The average molecular weight is 340 g/mol. The molecule has 0 saturated carbocycles. The minimum Gasteiger partial charge on any atom is -0.344 e. The first-order chi connectivity index (χ1) is 11.6. The highest BCUT2D eigenvalue weighted by molar-refractivity contribution is 6.31. The highest BCUT2D eigenvalue weighted by Crippen LogP contribution is 2.34. The van der Waals surface area contributed by atoms with Gasteiger partial charge in [0.2, 0.25) is 0 Å². The van der Waals surface area contributed by atoms with Crippen LogP contribution in [0, 0.1) is 0 Å². The van der Waals surface area contributed by atoms with E-state index in [9.17, 15) is 0 Å². The number of aromatic nitrogens is 2. The molecular weight excluding hydrogens is 318 g/mol. The van der Waals surface area contributed by atoms with Gasteiger partial charge in [0.05, 0.1) is 0 Å². The van der Waals surface area contributed by atoms with E-state index in [0.717, 1.165) is 36.6 Å². The molecule has 2 aromatic heterocycles. The maximum absolute atomic E-state index is 6.28. The van der Waals surface area contributed by atoms with Crippen LogP contribution in [0.3, 0.4) is 0 Å². The Morgan fingerprint density at radius 2 is 2.12 bits per heavy atom. The number of halogens is 1. The zero-order valence-electron chi connectivity index (χ0n) is 14.2. The van der Waals surface area contributed by atoms with Gasteiger partial charge in [0.15, 0.2) is 0 Å². The summed E-state index contributed by atoms with van der Waals surface area (Å²) >= 11 is 6.28. The highest BCUT2D eigenvalue weighted by Gasteiger charge is 2.26. The van der Waals surface area contributed by atoms with Gasteiger partial charge < -0.3 is 4.57 Å². The van der Waals surface area contributed by atoms with E-state index in [1.165, 1.54) is 22.2 Å². The van der Waals surface area contributed by atoms with Crippen molar-refractivity contribution in [1.82, 2.24) is 14.5 Å². The van der Waals surface area contributed by atoms with E-state index in [4.69, 9.17) is 11.6 Å². The lowest BCUT2D eigenvalue weighted by atomic mass is 10.00. The molecule has 0 radical (unpaired) electrons. The van der Waals surface area contributed by atoms with Gasteiger partial charge in [-0.2, -0.15) is 0 Å². The summed E-state index contributed by atoms with van der Waals surface area (Å²) in [6, 6.07) is 13.0. The normalized spacial score (nSPS) is 18.0. The number of aryl methyl sites for hydroxylation is 2. The predicted molar refractivity (Wildman–Crippen MR) is 99.5 cm³/mol. The molecule has 3 aromatic rings. The molecule has 1 aliphatic rings. The molecule has 0 bridgehead atoms.